The van der Waals surface area contributed by atoms with Gasteiger partial charge < -0.3 is 9.80 Å². The van der Waals surface area contributed by atoms with Gasteiger partial charge in [-0.15, -0.1) is 11.8 Å². The summed E-state index contributed by atoms with van der Waals surface area (Å²) in [7, 11) is 1.97. The topological polar surface area (TPSA) is 35.6 Å². The van der Waals surface area contributed by atoms with Gasteiger partial charge in [0.1, 0.15) is 0 Å². The summed E-state index contributed by atoms with van der Waals surface area (Å²) in [5, 5.41) is 3.26. The molecule has 0 spiro atoms. The molecular formula is C12H23N3OS. The number of piperidine rings is 1. The molecule has 0 radical (unpaired) electrons. The maximum absolute atomic E-state index is 12.2. The molecule has 1 unspecified atom stereocenters. The van der Waals surface area contributed by atoms with Gasteiger partial charge in [-0.05, 0) is 19.4 Å². The molecule has 0 aliphatic carbocycles. The number of carbonyl (C=O) groups excluding carboxylic acids is 1. The Hall–Kier alpha value is -0.260. The lowest BCUT2D eigenvalue weighted by atomic mass is 10.0. The molecule has 0 aromatic carbocycles. The maximum Gasteiger partial charge on any atom is 0.240 e. The minimum absolute atomic E-state index is 0.0502. The van der Waals surface area contributed by atoms with Crippen molar-refractivity contribution < 1.29 is 4.79 Å². The molecule has 5 heteroatoms. The fourth-order valence-corrected chi connectivity index (χ4v) is 3.54. The van der Waals surface area contributed by atoms with Crippen molar-refractivity contribution >= 4 is 17.7 Å². The van der Waals surface area contributed by atoms with Crippen LogP contribution in [0.4, 0.5) is 0 Å². The third-order valence-corrected chi connectivity index (χ3v) is 4.85. The van der Waals surface area contributed by atoms with Gasteiger partial charge in [0.15, 0.2) is 0 Å². The average Bonchev–Trinajstić information content (AvgIpc) is 2.91. The largest absolute Gasteiger partial charge is 0.341 e. The normalized spacial score (nSPS) is 27.3. The number of likely N-dealkylation sites (N-methyl/N-ethyl adjacent to an activating group) is 1. The molecule has 1 amide bonds. The first-order chi connectivity index (χ1) is 8.22. The molecule has 0 saturated carbocycles. The Labute approximate surface area is 108 Å². The van der Waals surface area contributed by atoms with Crippen LogP contribution in [-0.2, 0) is 4.79 Å². The van der Waals surface area contributed by atoms with Crippen LogP contribution in [0.1, 0.15) is 19.8 Å². The molecule has 2 heterocycles. The van der Waals surface area contributed by atoms with Crippen molar-refractivity contribution in [2.75, 3.05) is 38.3 Å². The fraction of sp³-hybridized carbons (Fsp3) is 0.917. The number of carbonyl (C=O) groups is 1. The third kappa shape index (κ3) is 3.14. The molecule has 17 heavy (non-hydrogen) atoms. The maximum atomic E-state index is 12.2. The summed E-state index contributed by atoms with van der Waals surface area (Å²) in [6.45, 7) is 5.59. The van der Waals surface area contributed by atoms with E-state index in [1.807, 2.05) is 23.7 Å². The van der Waals surface area contributed by atoms with Gasteiger partial charge in [-0.2, -0.15) is 0 Å². The van der Waals surface area contributed by atoms with E-state index < -0.39 is 0 Å². The number of rotatable bonds is 3. The Bertz CT molecular complexity index is 260. The van der Waals surface area contributed by atoms with Crippen LogP contribution in [0, 0.1) is 0 Å². The predicted octanol–water partition coefficient (Wildman–Crippen LogP) is 0.592. The van der Waals surface area contributed by atoms with Crippen molar-refractivity contribution in [2.24, 2.45) is 0 Å². The van der Waals surface area contributed by atoms with Crippen LogP contribution in [0.3, 0.4) is 0 Å². The zero-order chi connectivity index (χ0) is 12.3. The first-order valence-electron chi connectivity index (χ1n) is 6.52. The van der Waals surface area contributed by atoms with E-state index in [4.69, 9.17) is 0 Å². The van der Waals surface area contributed by atoms with Crippen molar-refractivity contribution in [3.05, 3.63) is 0 Å². The van der Waals surface area contributed by atoms with E-state index in [0.29, 0.717) is 6.04 Å². The predicted molar refractivity (Wildman–Crippen MR) is 72.2 cm³/mol. The molecule has 0 aromatic heterocycles. The SMILES string of the molecule is CCN1CCC(N(C)C(=O)C2CSCN2)CC1. The summed E-state index contributed by atoms with van der Waals surface area (Å²) in [5.41, 5.74) is 0. The highest BCUT2D eigenvalue weighted by Gasteiger charge is 2.30. The van der Waals surface area contributed by atoms with Crippen LogP contribution in [0.5, 0.6) is 0 Å². The first-order valence-corrected chi connectivity index (χ1v) is 7.68. The number of nitrogens with one attached hydrogen (secondary N) is 1. The van der Waals surface area contributed by atoms with Gasteiger partial charge in [0.2, 0.25) is 5.91 Å². The van der Waals surface area contributed by atoms with Gasteiger partial charge in [-0.25, -0.2) is 0 Å². The Morgan fingerprint density at radius 3 is 2.71 bits per heavy atom. The number of hydrogen-bond donors (Lipinski definition) is 1. The monoisotopic (exact) mass is 257 g/mol. The number of amides is 1. The fourth-order valence-electron chi connectivity index (χ4n) is 2.60. The molecule has 2 rings (SSSR count). The van der Waals surface area contributed by atoms with Crippen LogP contribution >= 0.6 is 11.8 Å². The van der Waals surface area contributed by atoms with Gasteiger partial charge in [0.05, 0.1) is 6.04 Å². The minimum Gasteiger partial charge on any atom is -0.341 e. The minimum atomic E-state index is 0.0502. The van der Waals surface area contributed by atoms with Gasteiger partial charge >= 0.3 is 0 Å². The quantitative estimate of drug-likeness (QED) is 0.803. The molecule has 0 aromatic rings. The summed E-state index contributed by atoms with van der Waals surface area (Å²) >= 11 is 1.81. The summed E-state index contributed by atoms with van der Waals surface area (Å²) in [4.78, 5) is 16.7. The lowest BCUT2D eigenvalue weighted by Crippen LogP contribution is -2.50. The van der Waals surface area contributed by atoms with Crippen LogP contribution in [0.2, 0.25) is 0 Å². The van der Waals surface area contributed by atoms with Crippen molar-refractivity contribution in [3.63, 3.8) is 0 Å². The second-order valence-corrected chi connectivity index (χ2v) is 5.92. The van der Waals surface area contributed by atoms with E-state index in [0.717, 1.165) is 44.1 Å². The van der Waals surface area contributed by atoms with E-state index in [1.165, 1.54) is 0 Å². The lowest BCUT2D eigenvalue weighted by molar-refractivity contribution is -0.134. The summed E-state index contributed by atoms with van der Waals surface area (Å²) in [6.07, 6.45) is 2.24. The Balaban J connectivity index is 1.83. The molecule has 2 fully saturated rings. The smallest absolute Gasteiger partial charge is 0.240 e. The zero-order valence-corrected chi connectivity index (χ0v) is 11.6. The first kappa shape index (κ1) is 13.2. The van der Waals surface area contributed by atoms with E-state index in [-0.39, 0.29) is 11.9 Å². The Morgan fingerprint density at radius 2 is 2.18 bits per heavy atom. The highest BCUT2D eigenvalue weighted by Crippen LogP contribution is 2.18. The average molecular weight is 257 g/mol. The Kier molecular flexibility index (Phi) is 4.70. The number of thioether (sulfide) groups is 1. The zero-order valence-electron chi connectivity index (χ0n) is 10.8. The molecule has 0 bridgehead atoms. The number of hydrogen-bond acceptors (Lipinski definition) is 4. The van der Waals surface area contributed by atoms with E-state index in [9.17, 15) is 4.79 Å². The van der Waals surface area contributed by atoms with Crippen LogP contribution < -0.4 is 5.32 Å². The van der Waals surface area contributed by atoms with Gasteiger partial charge in [0.25, 0.3) is 0 Å². The number of likely N-dealkylation sites (tertiary alicyclic amines) is 1. The standard InChI is InChI=1S/C12H23N3OS/c1-3-15-6-4-10(5-7-15)14(2)12(16)11-8-17-9-13-11/h10-11,13H,3-9H2,1-2H3. The second-order valence-electron chi connectivity index (χ2n) is 4.89. The summed E-state index contributed by atoms with van der Waals surface area (Å²) < 4.78 is 0. The molecule has 2 aliphatic rings. The molecule has 98 valence electrons. The highest BCUT2D eigenvalue weighted by molar-refractivity contribution is 7.99. The van der Waals surface area contributed by atoms with Crippen molar-refractivity contribution in [2.45, 2.75) is 31.8 Å². The van der Waals surface area contributed by atoms with Crippen LogP contribution in [-0.4, -0.2) is 66.1 Å². The van der Waals surface area contributed by atoms with Crippen molar-refractivity contribution in [3.8, 4) is 0 Å². The highest BCUT2D eigenvalue weighted by atomic mass is 32.2. The summed E-state index contributed by atoms with van der Waals surface area (Å²) in [5.74, 6) is 2.13. The molecule has 1 atom stereocenters. The van der Waals surface area contributed by atoms with E-state index >= 15 is 0 Å². The second kappa shape index (κ2) is 6.07. The van der Waals surface area contributed by atoms with Crippen LogP contribution in [0.15, 0.2) is 0 Å². The number of nitrogens with zero attached hydrogens (tertiary/aromatic N) is 2. The Morgan fingerprint density at radius 1 is 1.47 bits per heavy atom. The van der Waals surface area contributed by atoms with Crippen molar-refractivity contribution in [1.82, 2.24) is 15.1 Å². The van der Waals surface area contributed by atoms with Gasteiger partial charge in [-0.1, -0.05) is 6.92 Å². The third-order valence-electron chi connectivity index (χ3n) is 3.91. The van der Waals surface area contributed by atoms with Crippen LogP contribution in [0.25, 0.3) is 0 Å². The summed E-state index contributed by atoms with van der Waals surface area (Å²) in [6, 6.07) is 0.493. The van der Waals surface area contributed by atoms with Gasteiger partial charge in [0, 0.05) is 37.8 Å². The molecule has 4 nitrogen and oxygen atoms in total. The van der Waals surface area contributed by atoms with E-state index in [2.05, 4.69) is 17.1 Å². The molecule has 2 saturated heterocycles. The van der Waals surface area contributed by atoms with Gasteiger partial charge in [-0.3, -0.25) is 10.1 Å². The molecular weight excluding hydrogens is 234 g/mol. The molecule has 2 aliphatic heterocycles. The lowest BCUT2D eigenvalue weighted by Gasteiger charge is -2.37. The van der Waals surface area contributed by atoms with E-state index in [1.54, 1.807) is 0 Å². The molecule has 1 N–H and O–H groups in total. The van der Waals surface area contributed by atoms with Crippen molar-refractivity contribution in [1.29, 1.82) is 0 Å².